The molecular formula is C11H17N5O3. The third-order valence-corrected chi connectivity index (χ3v) is 3.27. The monoisotopic (exact) mass is 267 g/mol. The lowest BCUT2D eigenvalue weighted by molar-refractivity contribution is -0.384. The molecule has 1 saturated carbocycles. The molecule has 1 aromatic rings. The van der Waals surface area contributed by atoms with Crippen molar-refractivity contribution >= 4 is 17.5 Å². The number of aromatic nitrogens is 2. The van der Waals surface area contributed by atoms with Gasteiger partial charge in [0.1, 0.15) is 6.20 Å². The highest BCUT2D eigenvalue weighted by molar-refractivity contribution is 5.57. The third kappa shape index (κ3) is 2.90. The van der Waals surface area contributed by atoms with Gasteiger partial charge in [0.05, 0.1) is 17.1 Å². The van der Waals surface area contributed by atoms with Crippen LogP contribution in [0.5, 0.6) is 0 Å². The zero-order valence-electron chi connectivity index (χ0n) is 10.9. The van der Waals surface area contributed by atoms with E-state index in [-0.39, 0.29) is 23.7 Å². The first-order valence-corrected chi connectivity index (χ1v) is 6.14. The van der Waals surface area contributed by atoms with Gasteiger partial charge in [0.25, 0.3) is 0 Å². The van der Waals surface area contributed by atoms with Crippen molar-refractivity contribution in [2.45, 2.75) is 31.4 Å². The van der Waals surface area contributed by atoms with Crippen LogP contribution in [-0.2, 0) is 4.74 Å². The minimum absolute atomic E-state index is 0.0447. The van der Waals surface area contributed by atoms with Crippen molar-refractivity contribution in [3.05, 3.63) is 16.3 Å². The fourth-order valence-corrected chi connectivity index (χ4v) is 2.28. The van der Waals surface area contributed by atoms with Crippen molar-refractivity contribution < 1.29 is 9.66 Å². The summed E-state index contributed by atoms with van der Waals surface area (Å²) in [5, 5.41) is 16.9. The minimum Gasteiger partial charge on any atom is -0.379 e. The first-order chi connectivity index (χ1) is 9.15. The lowest BCUT2D eigenvalue weighted by atomic mass is 10.2. The predicted octanol–water partition coefficient (Wildman–Crippen LogP) is 1.41. The Morgan fingerprint density at radius 3 is 2.95 bits per heavy atom. The molecule has 0 aliphatic heterocycles. The highest BCUT2D eigenvalue weighted by Crippen LogP contribution is 2.28. The highest BCUT2D eigenvalue weighted by Gasteiger charge is 2.29. The normalized spacial score (nSPS) is 22.2. The Hall–Kier alpha value is -1.96. The Labute approximate surface area is 110 Å². The molecule has 0 amide bonds. The zero-order valence-corrected chi connectivity index (χ0v) is 10.9. The molecule has 104 valence electrons. The maximum atomic E-state index is 11.0. The average Bonchev–Trinajstić information content (AvgIpc) is 2.85. The summed E-state index contributed by atoms with van der Waals surface area (Å²) in [5.41, 5.74) is -0.124. The largest absolute Gasteiger partial charge is 0.379 e. The van der Waals surface area contributed by atoms with Gasteiger partial charge in [-0.25, -0.2) is 4.98 Å². The SMILES string of the molecule is CNc1ncc([N+](=O)[O-])c(NC2CCCC2OC)n1. The van der Waals surface area contributed by atoms with Crippen LogP contribution in [0, 0.1) is 10.1 Å². The van der Waals surface area contributed by atoms with Gasteiger partial charge in [0.2, 0.25) is 11.8 Å². The summed E-state index contributed by atoms with van der Waals surface area (Å²) in [6, 6.07) is 0.0447. The second-order valence-corrected chi connectivity index (χ2v) is 4.39. The maximum Gasteiger partial charge on any atom is 0.329 e. The van der Waals surface area contributed by atoms with E-state index in [2.05, 4.69) is 20.6 Å². The molecule has 0 saturated heterocycles. The third-order valence-electron chi connectivity index (χ3n) is 3.27. The molecule has 8 nitrogen and oxygen atoms in total. The smallest absolute Gasteiger partial charge is 0.329 e. The van der Waals surface area contributed by atoms with E-state index in [1.54, 1.807) is 14.2 Å². The van der Waals surface area contributed by atoms with E-state index in [1.807, 2.05) is 0 Å². The standard InChI is InChI=1S/C11H17N5O3/c1-12-11-13-6-8(16(17)18)10(15-11)14-7-4-3-5-9(7)19-2/h6-7,9H,3-5H2,1-2H3,(H2,12,13,14,15). The van der Waals surface area contributed by atoms with Crippen LogP contribution in [0.3, 0.4) is 0 Å². The summed E-state index contributed by atoms with van der Waals surface area (Å²) >= 11 is 0. The molecule has 1 aliphatic rings. The predicted molar refractivity (Wildman–Crippen MR) is 70.3 cm³/mol. The van der Waals surface area contributed by atoms with Gasteiger partial charge in [-0.05, 0) is 19.3 Å². The molecule has 0 bridgehead atoms. The number of rotatable bonds is 5. The number of methoxy groups -OCH3 is 1. The Morgan fingerprint density at radius 2 is 2.32 bits per heavy atom. The van der Waals surface area contributed by atoms with Crippen LogP contribution in [0.2, 0.25) is 0 Å². The molecule has 2 unspecified atom stereocenters. The molecule has 19 heavy (non-hydrogen) atoms. The van der Waals surface area contributed by atoms with E-state index in [0.29, 0.717) is 5.95 Å². The van der Waals surface area contributed by atoms with Crippen molar-refractivity contribution in [1.82, 2.24) is 9.97 Å². The molecule has 1 heterocycles. The van der Waals surface area contributed by atoms with Crippen LogP contribution in [-0.4, -0.2) is 41.2 Å². The molecule has 8 heteroatoms. The Morgan fingerprint density at radius 1 is 1.53 bits per heavy atom. The van der Waals surface area contributed by atoms with Crippen LogP contribution in [0.4, 0.5) is 17.5 Å². The molecule has 0 spiro atoms. The lowest BCUT2D eigenvalue weighted by Crippen LogP contribution is -2.30. The van der Waals surface area contributed by atoms with E-state index in [9.17, 15) is 10.1 Å². The summed E-state index contributed by atoms with van der Waals surface area (Å²) in [5.74, 6) is 0.582. The van der Waals surface area contributed by atoms with Crippen molar-refractivity contribution in [2.75, 3.05) is 24.8 Å². The first-order valence-electron chi connectivity index (χ1n) is 6.14. The highest BCUT2D eigenvalue weighted by atomic mass is 16.6. The van der Waals surface area contributed by atoms with E-state index >= 15 is 0 Å². The molecule has 0 aromatic carbocycles. The number of anilines is 2. The van der Waals surface area contributed by atoms with Crippen molar-refractivity contribution in [1.29, 1.82) is 0 Å². The summed E-state index contributed by atoms with van der Waals surface area (Å²) in [6.07, 6.45) is 4.17. The topological polar surface area (TPSA) is 102 Å². The summed E-state index contributed by atoms with van der Waals surface area (Å²) < 4.78 is 5.36. The van der Waals surface area contributed by atoms with E-state index in [1.165, 1.54) is 6.20 Å². The van der Waals surface area contributed by atoms with Gasteiger partial charge >= 0.3 is 5.69 Å². The van der Waals surface area contributed by atoms with E-state index in [0.717, 1.165) is 19.3 Å². The van der Waals surface area contributed by atoms with Gasteiger partial charge in [-0.15, -0.1) is 0 Å². The number of nitro groups is 1. The molecule has 2 N–H and O–H groups in total. The van der Waals surface area contributed by atoms with Crippen LogP contribution in [0.25, 0.3) is 0 Å². The Kier molecular flexibility index (Phi) is 4.10. The lowest BCUT2D eigenvalue weighted by Gasteiger charge is -2.20. The zero-order chi connectivity index (χ0) is 13.8. The maximum absolute atomic E-state index is 11.0. The Balaban J connectivity index is 2.24. The first kappa shape index (κ1) is 13.5. The van der Waals surface area contributed by atoms with Crippen LogP contribution >= 0.6 is 0 Å². The van der Waals surface area contributed by atoms with Crippen LogP contribution < -0.4 is 10.6 Å². The second-order valence-electron chi connectivity index (χ2n) is 4.39. The number of hydrogen-bond donors (Lipinski definition) is 2. The van der Waals surface area contributed by atoms with Crippen molar-refractivity contribution in [2.24, 2.45) is 0 Å². The fourth-order valence-electron chi connectivity index (χ4n) is 2.28. The van der Waals surface area contributed by atoms with Gasteiger partial charge in [-0.1, -0.05) is 0 Å². The minimum atomic E-state index is -0.488. The van der Waals surface area contributed by atoms with Gasteiger partial charge in [0.15, 0.2) is 0 Å². The quantitative estimate of drug-likeness (QED) is 0.614. The number of nitrogens with zero attached hydrogens (tertiary/aromatic N) is 3. The molecule has 2 atom stereocenters. The molecule has 1 aliphatic carbocycles. The summed E-state index contributed by atoms with van der Waals surface area (Å²) in [4.78, 5) is 18.5. The van der Waals surface area contributed by atoms with Gasteiger partial charge in [-0.2, -0.15) is 4.98 Å². The van der Waals surface area contributed by atoms with Crippen LogP contribution in [0.1, 0.15) is 19.3 Å². The summed E-state index contributed by atoms with van der Waals surface area (Å²) in [6.45, 7) is 0. The summed E-state index contributed by atoms with van der Waals surface area (Å²) in [7, 11) is 3.32. The van der Waals surface area contributed by atoms with Gasteiger partial charge < -0.3 is 15.4 Å². The second kappa shape index (κ2) is 5.79. The molecular weight excluding hydrogens is 250 g/mol. The molecule has 1 aromatic heterocycles. The number of ether oxygens (including phenoxy) is 1. The van der Waals surface area contributed by atoms with Crippen molar-refractivity contribution in [3.8, 4) is 0 Å². The fraction of sp³-hybridized carbons (Fsp3) is 0.636. The van der Waals surface area contributed by atoms with Crippen LogP contribution in [0.15, 0.2) is 6.20 Å². The molecule has 0 radical (unpaired) electrons. The number of hydrogen-bond acceptors (Lipinski definition) is 7. The van der Waals surface area contributed by atoms with Gasteiger partial charge in [-0.3, -0.25) is 10.1 Å². The van der Waals surface area contributed by atoms with Gasteiger partial charge in [0, 0.05) is 14.2 Å². The number of nitrogens with one attached hydrogen (secondary N) is 2. The molecule has 2 rings (SSSR count). The Bertz CT molecular complexity index is 468. The van der Waals surface area contributed by atoms with Crippen molar-refractivity contribution in [3.63, 3.8) is 0 Å². The van der Waals surface area contributed by atoms with E-state index in [4.69, 9.17) is 4.74 Å². The molecule has 1 fully saturated rings. The van der Waals surface area contributed by atoms with E-state index < -0.39 is 4.92 Å². The average molecular weight is 267 g/mol.